The van der Waals surface area contributed by atoms with Crippen LogP contribution in [0.2, 0.25) is 0 Å². The molecule has 58 heavy (non-hydrogen) atoms. The number of hydrogen-bond acceptors (Lipinski definition) is 10. The van der Waals surface area contributed by atoms with Crippen molar-refractivity contribution in [3.8, 4) is 0 Å². The summed E-state index contributed by atoms with van der Waals surface area (Å²) in [5.41, 5.74) is 13.3. The topological polar surface area (TPSA) is 228 Å². The summed E-state index contributed by atoms with van der Waals surface area (Å²) in [6, 6.07) is 12.5. The summed E-state index contributed by atoms with van der Waals surface area (Å²) in [7, 11) is -4.94. The maximum absolute atomic E-state index is 8.49. The van der Waals surface area contributed by atoms with Gasteiger partial charge in [0.2, 0.25) is 0 Å². The Morgan fingerprint density at radius 3 is 0.534 bits per heavy atom. The van der Waals surface area contributed by atoms with Gasteiger partial charge in [0, 0.05) is 34.2 Å². The van der Waals surface area contributed by atoms with Gasteiger partial charge >= 0.3 is 72.3 Å². The van der Waals surface area contributed by atoms with Crippen molar-refractivity contribution in [1.29, 1.82) is 0 Å². The first-order valence-corrected chi connectivity index (χ1v) is 17.1. The van der Waals surface area contributed by atoms with Gasteiger partial charge in [-0.2, -0.15) is 30.6 Å². The molecule has 0 bridgehead atoms. The predicted molar refractivity (Wildman–Crippen MR) is 199 cm³/mol. The van der Waals surface area contributed by atoms with E-state index in [0.29, 0.717) is 20.0 Å². The van der Waals surface area contributed by atoms with Gasteiger partial charge in [-0.1, -0.05) is 0 Å². The van der Waals surface area contributed by atoms with Gasteiger partial charge in [0.25, 0.3) is 0 Å². The molecule has 0 saturated heterocycles. The molecule has 25 heteroatoms. The smallest absolute Gasteiger partial charge is 2.00 e. The van der Waals surface area contributed by atoms with E-state index in [1.807, 2.05) is 69.6 Å². The SMILES string of the molecule is Cc1cc(C)n(Cn2nc(C)cc2C)n1.Cc1cc(C)n(Cn2nc(C)cc2C)n1.Cc1cc(C)n(Cn2nc(C)cc2C)n1.[Cu+2].[Cu+2].[Cu+2].[Mo+3].[O-2].[O-][Cl+3]([O-])([O-])[O-].[S-2].[S-2].[S-2]. The summed E-state index contributed by atoms with van der Waals surface area (Å²) < 4.78 is 45.8. The maximum Gasteiger partial charge on any atom is 3.00 e. The average Bonchev–Trinajstić information content (AvgIpc) is 3.78. The van der Waals surface area contributed by atoms with Crippen molar-refractivity contribution < 1.29 is 107 Å². The molecule has 334 valence electrons. The van der Waals surface area contributed by atoms with E-state index in [-0.39, 0.29) is 118 Å². The molecule has 0 saturated carbocycles. The summed E-state index contributed by atoms with van der Waals surface area (Å²) in [5, 5.41) is 26.5. The molecule has 0 amide bonds. The van der Waals surface area contributed by atoms with Crippen LogP contribution < -0.4 is 18.6 Å². The van der Waals surface area contributed by atoms with Gasteiger partial charge in [0.15, 0.2) is 0 Å². The van der Waals surface area contributed by atoms with E-state index in [2.05, 4.69) is 109 Å². The van der Waals surface area contributed by atoms with Gasteiger partial charge in [-0.25, -0.2) is 46.7 Å². The minimum absolute atomic E-state index is 0. The number of aromatic nitrogens is 12. The Morgan fingerprint density at radius 2 is 0.466 bits per heavy atom. The van der Waals surface area contributed by atoms with Crippen LogP contribution in [-0.4, -0.2) is 58.7 Å². The number of halogens is 1. The molecule has 0 aliphatic carbocycles. The molecular weight excluding hydrogens is 1060 g/mol. The standard InChI is InChI=1S/3C11H16N4.ClHO4.3Cu.Mo.O.3S/c3*1-8-5-10(3)14(12-8)7-15-11(4)6-9(2)13-15;2-1(3,4)5;;;;;;;;/h3*5-6H,7H2,1-4H3;(H,2,3,4,5);;;;;;;;/q;;;;3*+2;+3;4*-2/p-1. The van der Waals surface area contributed by atoms with E-state index in [1.54, 1.807) is 0 Å². The fourth-order valence-corrected chi connectivity index (χ4v) is 5.29. The third-order valence-electron chi connectivity index (χ3n) is 7.42. The minimum Gasteiger partial charge on any atom is -2.00 e. The fraction of sp³-hybridized carbons (Fsp3) is 0.455. The Kier molecular flexibility index (Phi) is 36.1. The zero-order valence-corrected chi connectivity index (χ0v) is 41.9. The second-order valence-electron chi connectivity index (χ2n) is 12.4. The first kappa shape index (κ1) is 68.4. The second-order valence-corrected chi connectivity index (χ2v) is 13.1. The van der Waals surface area contributed by atoms with Crippen molar-refractivity contribution in [2.24, 2.45) is 0 Å². The Balaban J connectivity index is -0.000000155. The van der Waals surface area contributed by atoms with Gasteiger partial charge in [-0.05, 0) is 119 Å². The molecule has 6 aromatic heterocycles. The van der Waals surface area contributed by atoms with Crippen molar-refractivity contribution in [3.05, 3.63) is 105 Å². The Morgan fingerprint density at radius 1 is 0.362 bits per heavy atom. The average molecular weight is 1110 g/mol. The molecular formula is C33H48ClCu3MoN12O5S3. The molecule has 0 spiro atoms. The van der Waals surface area contributed by atoms with Crippen LogP contribution in [0.25, 0.3) is 0 Å². The molecule has 17 nitrogen and oxygen atoms in total. The molecule has 0 fully saturated rings. The molecule has 6 aromatic rings. The molecule has 6 heterocycles. The minimum atomic E-state index is -4.94. The van der Waals surface area contributed by atoms with Crippen LogP contribution in [0.5, 0.6) is 0 Å². The van der Waals surface area contributed by atoms with Crippen molar-refractivity contribution in [2.45, 2.75) is 103 Å². The monoisotopic (exact) mass is 1110 g/mol. The quantitative estimate of drug-likeness (QED) is 0.211. The Hall–Kier alpha value is -1.35. The van der Waals surface area contributed by atoms with Crippen LogP contribution in [0.1, 0.15) is 68.3 Å². The Labute approximate surface area is 410 Å². The van der Waals surface area contributed by atoms with Crippen LogP contribution in [0, 0.1) is 93.3 Å². The number of aryl methyl sites for hydroxylation is 12. The molecule has 0 atom stereocenters. The number of hydrogen-bond donors (Lipinski definition) is 0. The molecule has 0 aromatic carbocycles. The van der Waals surface area contributed by atoms with E-state index < -0.39 is 10.2 Å². The number of nitrogens with zero attached hydrogens (tertiary/aromatic N) is 12. The molecule has 0 aliphatic rings. The van der Waals surface area contributed by atoms with Crippen molar-refractivity contribution in [3.63, 3.8) is 0 Å². The molecule has 0 unspecified atom stereocenters. The van der Waals surface area contributed by atoms with E-state index in [0.717, 1.165) is 34.2 Å². The first-order valence-electron chi connectivity index (χ1n) is 15.9. The normalized spacial score (nSPS) is 9.52. The zero-order chi connectivity index (χ0) is 37.5. The van der Waals surface area contributed by atoms with E-state index >= 15 is 0 Å². The van der Waals surface area contributed by atoms with Crippen LogP contribution in [0.4, 0.5) is 0 Å². The summed E-state index contributed by atoms with van der Waals surface area (Å²) in [4.78, 5) is 0. The molecule has 0 N–H and O–H groups in total. The summed E-state index contributed by atoms with van der Waals surface area (Å²) in [6.45, 7) is 26.5. The van der Waals surface area contributed by atoms with Gasteiger partial charge in [-0.3, -0.25) is 0 Å². The van der Waals surface area contributed by atoms with Crippen molar-refractivity contribution in [1.82, 2.24) is 58.7 Å². The zero-order valence-electron chi connectivity index (χ0n) is 33.9. The summed E-state index contributed by atoms with van der Waals surface area (Å²) in [5.74, 6) is 0. The van der Waals surface area contributed by atoms with Crippen LogP contribution in [0.3, 0.4) is 0 Å². The van der Waals surface area contributed by atoms with E-state index in [9.17, 15) is 0 Å². The van der Waals surface area contributed by atoms with E-state index in [1.165, 1.54) is 34.2 Å². The van der Waals surface area contributed by atoms with E-state index in [4.69, 9.17) is 18.6 Å². The van der Waals surface area contributed by atoms with Gasteiger partial charge in [0.05, 0.1) is 34.2 Å². The fourth-order valence-electron chi connectivity index (χ4n) is 5.29. The van der Waals surface area contributed by atoms with Gasteiger partial charge in [-0.15, -0.1) is 10.2 Å². The molecule has 0 aliphatic heterocycles. The van der Waals surface area contributed by atoms with Gasteiger partial charge in [0.1, 0.15) is 20.0 Å². The van der Waals surface area contributed by atoms with Crippen LogP contribution >= 0.6 is 0 Å². The molecule has 6 rings (SSSR count). The summed E-state index contributed by atoms with van der Waals surface area (Å²) >= 11 is 0. The second kappa shape index (κ2) is 30.6. The number of rotatable bonds is 6. The Bertz CT molecular complexity index is 1680. The van der Waals surface area contributed by atoms with Crippen LogP contribution in [0.15, 0.2) is 36.4 Å². The third-order valence-corrected chi connectivity index (χ3v) is 7.42. The van der Waals surface area contributed by atoms with Gasteiger partial charge < -0.3 is 46.0 Å². The predicted octanol–water partition coefficient (Wildman–Crippen LogP) is 0.565. The largest absolute Gasteiger partial charge is 3.00 e. The first-order chi connectivity index (χ1) is 23.2. The third kappa shape index (κ3) is 23.0. The van der Waals surface area contributed by atoms with Crippen LogP contribution in [-0.2, 0) is 138 Å². The van der Waals surface area contributed by atoms with Crippen molar-refractivity contribution in [2.75, 3.05) is 0 Å². The maximum atomic E-state index is 8.49. The van der Waals surface area contributed by atoms with Crippen molar-refractivity contribution >= 4 is 40.5 Å². The molecule has 4 radical (unpaired) electrons. The summed E-state index contributed by atoms with van der Waals surface area (Å²) in [6.07, 6.45) is 0.